The van der Waals surface area contributed by atoms with Gasteiger partial charge >= 0.3 is 0 Å². The van der Waals surface area contributed by atoms with Gasteiger partial charge in [0.15, 0.2) is 0 Å². The fraction of sp³-hybridized carbons (Fsp3) is 0.938. The van der Waals surface area contributed by atoms with E-state index < -0.39 is 0 Å². The van der Waals surface area contributed by atoms with Crippen molar-refractivity contribution < 1.29 is 4.79 Å². The molecule has 1 heterocycles. The molecule has 2 aliphatic rings. The van der Waals surface area contributed by atoms with Crippen molar-refractivity contribution in [3.8, 4) is 0 Å². The van der Waals surface area contributed by atoms with E-state index in [1.165, 1.54) is 25.7 Å². The highest BCUT2D eigenvalue weighted by Gasteiger charge is 2.45. The average Bonchev–Trinajstić information content (AvgIpc) is 2.85. The number of likely N-dealkylation sites (tertiary alicyclic amines) is 1. The van der Waals surface area contributed by atoms with E-state index in [-0.39, 0.29) is 5.92 Å². The monoisotopic (exact) mass is 251 g/mol. The first-order valence-electron chi connectivity index (χ1n) is 7.86. The van der Waals surface area contributed by atoms with Crippen molar-refractivity contribution in [2.24, 2.45) is 17.8 Å². The first-order chi connectivity index (χ1) is 8.54. The lowest BCUT2D eigenvalue weighted by Crippen LogP contribution is -2.44. The molecule has 0 spiro atoms. The van der Waals surface area contributed by atoms with Crippen LogP contribution in [-0.4, -0.2) is 22.9 Å². The second kappa shape index (κ2) is 5.63. The van der Waals surface area contributed by atoms with Crippen molar-refractivity contribution in [1.29, 1.82) is 0 Å². The van der Waals surface area contributed by atoms with Crippen LogP contribution in [0.4, 0.5) is 0 Å². The molecule has 1 aliphatic heterocycles. The molecule has 1 aliphatic carbocycles. The van der Waals surface area contributed by atoms with Gasteiger partial charge in [-0.15, -0.1) is 0 Å². The summed E-state index contributed by atoms with van der Waals surface area (Å²) in [5.74, 6) is 2.07. The molecule has 2 heteroatoms. The number of rotatable bonds is 4. The molecule has 1 saturated heterocycles. The largest absolute Gasteiger partial charge is 0.336 e. The molecule has 0 N–H and O–H groups in total. The van der Waals surface area contributed by atoms with Crippen molar-refractivity contribution in [2.45, 2.75) is 78.3 Å². The number of hydrogen-bond donors (Lipinski definition) is 0. The third kappa shape index (κ3) is 2.57. The number of nitrogens with zero attached hydrogens (tertiary/aromatic N) is 1. The average molecular weight is 251 g/mol. The molecule has 2 nitrogen and oxygen atoms in total. The molecular weight excluding hydrogens is 222 g/mol. The maximum Gasteiger partial charge on any atom is 0.225 e. The van der Waals surface area contributed by atoms with E-state index in [0.29, 0.717) is 23.9 Å². The number of carbonyl (C=O) groups excluding carboxylic acids is 1. The van der Waals surface area contributed by atoms with Crippen LogP contribution in [0.1, 0.15) is 66.2 Å². The lowest BCUT2D eigenvalue weighted by molar-refractivity contribution is -0.138. The van der Waals surface area contributed by atoms with Crippen LogP contribution in [0.5, 0.6) is 0 Å². The second-order valence-corrected chi connectivity index (χ2v) is 6.83. The Morgan fingerprint density at radius 2 is 2.00 bits per heavy atom. The van der Waals surface area contributed by atoms with Gasteiger partial charge in [0.1, 0.15) is 0 Å². The van der Waals surface area contributed by atoms with E-state index in [2.05, 4.69) is 32.6 Å². The fourth-order valence-electron chi connectivity index (χ4n) is 4.16. The molecule has 2 fully saturated rings. The minimum atomic E-state index is 0.207. The summed E-state index contributed by atoms with van der Waals surface area (Å²) in [6, 6.07) is 1.11. The molecule has 18 heavy (non-hydrogen) atoms. The van der Waals surface area contributed by atoms with Crippen molar-refractivity contribution in [2.75, 3.05) is 0 Å². The van der Waals surface area contributed by atoms with Crippen LogP contribution in [0.25, 0.3) is 0 Å². The van der Waals surface area contributed by atoms with Gasteiger partial charge in [0, 0.05) is 18.0 Å². The number of carbonyl (C=O) groups is 1. The zero-order valence-corrected chi connectivity index (χ0v) is 12.5. The van der Waals surface area contributed by atoms with Crippen molar-refractivity contribution in [1.82, 2.24) is 4.90 Å². The molecular formula is C16H29NO. The van der Waals surface area contributed by atoms with Gasteiger partial charge in [-0.3, -0.25) is 4.79 Å². The van der Waals surface area contributed by atoms with E-state index in [1.54, 1.807) is 0 Å². The molecule has 0 aromatic carbocycles. The molecule has 0 bridgehead atoms. The van der Waals surface area contributed by atoms with E-state index in [4.69, 9.17) is 0 Å². The van der Waals surface area contributed by atoms with Crippen LogP contribution < -0.4 is 0 Å². The van der Waals surface area contributed by atoms with Gasteiger partial charge in [0.2, 0.25) is 5.91 Å². The van der Waals surface area contributed by atoms with E-state index in [0.717, 1.165) is 18.8 Å². The standard InChI is InChI=1S/C16H29NO/c1-5-14-10-13-7-6-8-15(13)17(14)16(18)12(4)9-11(2)3/h11-15H,5-10H2,1-4H3/t12?,13?,14-,15?/m1/s1. The molecule has 1 amide bonds. The first-order valence-corrected chi connectivity index (χ1v) is 7.86. The van der Waals surface area contributed by atoms with Gasteiger partial charge in [0.25, 0.3) is 0 Å². The fourth-order valence-corrected chi connectivity index (χ4v) is 4.16. The van der Waals surface area contributed by atoms with Crippen molar-refractivity contribution in [3.05, 3.63) is 0 Å². The zero-order chi connectivity index (χ0) is 13.3. The molecule has 0 radical (unpaired) electrons. The molecule has 3 unspecified atom stereocenters. The van der Waals surface area contributed by atoms with Gasteiger partial charge in [0.05, 0.1) is 0 Å². The van der Waals surface area contributed by atoms with Crippen molar-refractivity contribution in [3.63, 3.8) is 0 Å². The smallest absolute Gasteiger partial charge is 0.225 e. The molecule has 1 saturated carbocycles. The molecule has 4 atom stereocenters. The quantitative estimate of drug-likeness (QED) is 0.743. The summed E-state index contributed by atoms with van der Waals surface area (Å²) in [5.41, 5.74) is 0. The summed E-state index contributed by atoms with van der Waals surface area (Å²) in [5, 5.41) is 0. The minimum Gasteiger partial charge on any atom is -0.336 e. The van der Waals surface area contributed by atoms with Gasteiger partial charge in [-0.1, -0.05) is 34.1 Å². The van der Waals surface area contributed by atoms with E-state index >= 15 is 0 Å². The maximum absolute atomic E-state index is 12.7. The Morgan fingerprint density at radius 3 is 2.61 bits per heavy atom. The number of hydrogen-bond acceptors (Lipinski definition) is 1. The third-order valence-electron chi connectivity index (χ3n) is 4.92. The van der Waals surface area contributed by atoms with Crippen LogP contribution in [0, 0.1) is 17.8 Å². The second-order valence-electron chi connectivity index (χ2n) is 6.83. The Labute approximate surface area is 112 Å². The summed E-state index contributed by atoms with van der Waals surface area (Å²) in [6.07, 6.45) is 7.36. The van der Waals surface area contributed by atoms with Gasteiger partial charge in [-0.2, -0.15) is 0 Å². The Kier molecular flexibility index (Phi) is 4.34. The zero-order valence-electron chi connectivity index (χ0n) is 12.5. The SMILES string of the molecule is CC[C@@H]1CC2CCCC2N1C(=O)C(C)CC(C)C. The van der Waals surface area contributed by atoms with Crippen LogP contribution in [0.3, 0.4) is 0 Å². The van der Waals surface area contributed by atoms with E-state index in [9.17, 15) is 4.79 Å². The third-order valence-corrected chi connectivity index (χ3v) is 4.92. The maximum atomic E-state index is 12.7. The predicted molar refractivity (Wildman–Crippen MR) is 75.3 cm³/mol. The normalized spacial score (nSPS) is 32.9. The van der Waals surface area contributed by atoms with Crippen LogP contribution in [-0.2, 0) is 4.79 Å². The Bertz CT molecular complexity index is 299. The molecule has 0 aromatic heterocycles. The highest BCUT2D eigenvalue weighted by molar-refractivity contribution is 5.79. The number of amides is 1. The van der Waals surface area contributed by atoms with Gasteiger partial charge in [-0.25, -0.2) is 0 Å². The highest BCUT2D eigenvalue weighted by Crippen LogP contribution is 2.42. The summed E-state index contributed by atoms with van der Waals surface area (Å²) >= 11 is 0. The summed E-state index contributed by atoms with van der Waals surface area (Å²) in [7, 11) is 0. The lowest BCUT2D eigenvalue weighted by Gasteiger charge is -2.32. The van der Waals surface area contributed by atoms with Gasteiger partial charge < -0.3 is 4.90 Å². The van der Waals surface area contributed by atoms with Crippen molar-refractivity contribution >= 4 is 5.91 Å². The lowest BCUT2D eigenvalue weighted by atomic mass is 9.96. The topological polar surface area (TPSA) is 20.3 Å². The summed E-state index contributed by atoms with van der Waals surface area (Å²) in [4.78, 5) is 15.0. The van der Waals surface area contributed by atoms with Crippen LogP contribution in [0.15, 0.2) is 0 Å². The molecule has 2 rings (SSSR count). The van der Waals surface area contributed by atoms with Crippen LogP contribution >= 0.6 is 0 Å². The summed E-state index contributed by atoms with van der Waals surface area (Å²) in [6.45, 7) is 8.78. The Morgan fingerprint density at radius 1 is 1.28 bits per heavy atom. The van der Waals surface area contributed by atoms with Crippen LogP contribution in [0.2, 0.25) is 0 Å². The minimum absolute atomic E-state index is 0.207. The Balaban J connectivity index is 2.06. The predicted octanol–water partition coefficient (Wildman–Crippen LogP) is 3.85. The van der Waals surface area contributed by atoms with Gasteiger partial charge in [-0.05, 0) is 43.9 Å². The Hall–Kier alpha value is -0.530. The molecule has 0 aromatic rings. The first kappa shape index (κ1) is 13.9. The molecule has 104 valence electrons. The highest BCUT2D eigenvalue weighted by atomic mass is 16.2. The van der Waals surface area contributed by atoms with E-state index in [1.807, 2.05) is 0 Å². The number of fused-ring (bicyclic) bond motifs is 1. The summed E-state index contributed by atoms with van der Waals surface area (Å²) < 4.78 is 0.